The summed E-state index contributed by atoms with van der Waals surface area (Å²) in [5.41, 5.74) is 0. The van der Waals surface area contributed by atoms with Crippen LogP contribution in [0, 0.1) is 0 Å². The Morgan fingerprint density at radius 3 is 2.61 bits per heavy atom. The van der Waals surface area contributed by atoms with Crippen LogP contribution < -0.4 is 16.0 Å². The summed E-state index contributed by atoms with van der Waals surface area (Å²) < 4.78 is 25.7. The van der Waals surface area contributed by atoms with Crippen LogP contribution in [-0.2, 0) is 9.59 Å². The Hall–Kier alpha value is -1.24. The predicted molar refractivity (Wildman–Crippen MR) is 62.3 cm³/mol. The molecule has 0 aromatic heterocycles. The molecule has 1 aliphatic rings. The van der Waals surface area contributed by atoms with Gasteiger partial charge >= 0.3 is 0 Å². The zero-order chi connectivity index (χ0) is 13.8. The van der Waals surface area contributed by atoms with Crippen molar-refractivity contribution in [1.29, 1.82) is 0 Å². The molecule has 0 saturated carbocycles. The minimum Gasteiger partial charge on any atom is -0.354 e. The van der Waals surface area contributed by atoms with Crippen molar-refractivity contribution in [2.75, 3.05) is 13.1 Å². The molecule has 1 aliphatic heterocycles. The SMILES string of the molecule is CC(C)NC(=O)CCNC(=O)C1CC(F)(F)CN1. The minimum absolute atomic E-state index is 0.0448. The van der Waals surface area contributed by atoms with Crippen LogP contribution in [0.4, 0.5) is 8.78 Å². The van der Waals surface area contributed by atoms with E-state index in [-0.39, 0.29) is 24.9 Å². The Morgan fingerprint density at radius 1 is 1.44 bits per heavy atom. The molecule has 2 amide bonds. The molecule has 0 aromatic carbocycles. The van der Waals surface area contributed by atoms with Crippen molar-refractivity contribution in [3.63, 3.8) is 0 Å². The van der Waals surface area contributed by atoms with Gasteiger partial charge in [0.1, 0.15) is 0 Å². The van der Waals surface area contributed by atoms with Crippen molar-refractivity contribution in [2.24, 2.45) is 0 Å². The Morgan fingerprint density at radius 2 is 2.11 bits per heavy atom. The highest BCUT2D eigenvalue weighted by molar-refractivity contribution is 5.83. The zero-order valence-corrected chi connectivity index (χ0v) is 10.6. The van der Waals surface area contributed by atoms with Gasteiger partial charge in [0, 0.05) is 25.4 Å². The van der Waals surface area contributed by atoms with Gasteiger partial charge in [0.2, 0.25) is 11.8 Å². The van der Waals surface area contributed by atoms with E-state index in [0.29, 0.717) is 0 Å². The number of carbonyl (C=O) groups excluding carboxylic acids is 2. The third-order valence-electron chi connectivity index (χ3n) is 2.53. The van der Waals surface area contributed by atoms with Crippen LogP contribution in [0.25, 0.3) is 0 Å². The Labute approximate surface area is 105 Å². The Kier molecular flexibility index (Phi) is 5.01. The van der Waals surface area contributed by atoms with E-state index in [4.69, 9.17) is 0 Å². The van der Waals surface area contributed by atoms with Gasteiger partial charge in [-0.05, 0) is 13.8 Å². The molecule has 5 nitrogen and oxygen atoms in total. The molecule has 1 rings (SSSR count). The lowest BCUT2D eigenvalue weighted by Crippen LogP contribution is -2.42. The number of amides is 2. The smallest absolute Gasteiger partial charge is 0.262 e. The second kappa shape index (κ2) is 6.08. The molecule has 104 valence electrons. The Balaban J connectivity index is 2.20. The van der Waals surface area contributed by atoms with Gasteiger partial charge in [0.15, 0.2) is 0 Å². The van der Waals surface area contributed by atoms with E-state index in [0.717, 1.165) is 0 Å². The van der Waals surface area contributed by atoms with Crippen molar-refractivity contribution < 1.29 is 18.4 Å². The molecular formula is C11H19F2N3O2. The molecule has 0 spiro atoms. The fourth-order valence-electron chi connectivity index (χ4n) is 1.72. The lowest BCUT2D eigenvalue weighted by molar-refractivity contribution is -0.124. The number of alkyl halides is 2. The topological polar surface area (TPSA) is 70.2 Å². The number of halogens is 2. The predicted octanol–water partition coefficient (Wildman–Crippen LogP) is 0.0145. The van der Waals surface area contributed by atoms with E-state index in [1.807, 2.05) is 13.8 Å². The van der Waals surface area contributed by atoms with Crippen molar-refractivity contribution >= 4 is 11.8 Å². The minimum atomic E-state index is -2.82. The van der Waals surface area contributed by atoms with Crippen molar-refractivity contribution in [3.8, 4) is 0 Å². The van der Waals surface area contributed by atoms with Crippen LogP contribution in [0.15, 0.2) is 0 Å². The van der Waals surface area contributed by atoms with Gasteiger partial charge < -0.3 is 10.6 Å². The lowest BCUT2D eigenvalue weighted by atomic mass is 10.2. The van der Waals surface area contributed by atoms with E-state index in [1.165, 1.54) is 0 Å². The quantitative estimate of drug-likeness (QED) is 0.654. The largest absolute Gasteiger partial charge is 0.354 e. The summed E-state index contributed by atoms with van der Waals surface area (Å²) >= 11 is 0. The fraction of sp³-hybridized carbons (Fsp3) is 0.818. The maximum absolute atomic E-state index is 12.8. The first-order valence-electron chi connectivity index (χ1n) is 5.98. The second-order valence-electron chi connectivity index (χ2n) is 4.76. The van der Waals surface area contributed by atoms with E-state index in [1.54, 1.807) is 0 Å². The van der Waals surface area contributed by atoms with E-state index in [2.05, 4.69) is 16.0 Å². The molecule has 1 unspecified atom stereocenters. The maximum atomic E-state index is 12.8. The highest BCUT2D eigenvalue weighted by Gasteiger charge is 2.42. The molecule has 1 fully saturated rings. The first-order chi connectivity index (χ1) is 8.30. The van der Waals surface area contributed by atoms with Crippen LogP contribution >= 0.6 is 0 Å². The normalized spacial score (nSPS) is 21.9. The molecule has 7 heteroatoms. The molecule has 1 atom stereocenters. The first-order valence-corrected chi connectivity index (χ1v) is 5.98. The lowest BCUT2D eigenvalue weighted by Gasteiger charge is -2.12. The van der Waals surface area contributed by atoms with Gasteiger partial charge in [-0.2, -0.15) is 0 Å². The summed E-state index contributed by atoms with van der Waals surface area (Å²) in [5.74, 6) is -3.48. The van der Waals surface area contributed by atoms with E-state index >= 15 is 0 Å². The van der Waals surface area contributed by atoms with Crippen molar-refractivity contribution in [3.05, 3.63) is 0 Å². The van der Waals surface area contributed by atoms with Crippen LogP contribution in [0.5, 0.6) is 0 Å². The van der Waals surface area contributed by atoms with E-state index < -0.39 is 30.8 Å². The molecular weight excluding hydrogens is 244 g/mol. The van der Waals surface area contributed by atoms with Crippen molar-refractivity contribution in [1.82, 2.24) is 16.0 Å². The molecule has 1 heterocycles. The van der Waals surface area contributed by atoms with Gasteiger partial charge in [0.05, 0.1) is 12.6 Å². The fourth-order valence-corrected chi connectivity index (χ4v) is 1.72. The Bertz CT molecular complexity index is 321. The monoisotopic (exact) mass is 263 g/mol. The summed E-state index contributed by atoms with van der Waals surface area (Å²) in [5, 5.41) is 7.60. The maximum Gasteiger partial charge on any atom is 0.262 e. The third kappa shape index (κ3) is 4.95. The average molecular weight is 263 g/mol. The number of hydrogen-bond donors (Lipinski definition) is 3. The van der Waals surface area contributed by atoms with E-state index in [9.17, 15) is 18.4 Å². The van der Waals surface area contributed by atoms with Gasteiger partial charge in [-0.25, -0.2) is 8.78 Å². The molecule has 0 radical (unpaired) electrons. The standard InChI is InChI=1S/C11H19F2N3O2/c1-7(2)16-9(17)3-4-14-10(18)8-5-11(12,13)6-15-8/h7-8,15H,3-6H2,1-2H3,(H,14,18)(H,16,17). The van der Waals surface area contributed by atoms with Crippen molar-refractivity contribution in [2.45, 2.75) is 44.7 Å². The number of carbonyl (C=O) groups is 2. The third-order valence-corrected chi connectivity index (χ3v) is 2.53. The molecule has 18 heavy (non-hydrogen) atoms. The van der Waals surface area contributed by atoms with Crippen LogP contribution in [0.1, 0.15) is 26.7 Å². The first kappa shape index (κ1) is 14.8. The van der Waals surface area contributed by atoms with Gasteiger partial charge in [-0.1, -0.05) is 0 Å². The summed E-state index contributed by atoms with van der Waals surface area (Å²) in [6, 6.07) is -0.823. The van der Waals surface area contributed by atoms with Crippen LogP contribution in [0.2, 0.25) is 0 Å². The molecule has 0 aromatic rings. The number of hydrogen-bond acceptors (Lipinski definition) is 3. The van der Waals surface area contributed by atoms with Crippen LogP contribution in [0.3, 0.4) is 0 Å². The number of nitrogens with one attached hydrogen (secondary N) is 3. The highest BCUT2D eigenvalue weighted by atomic mass is 19.3. The highest BCUT2D eigenvalue weighted by Crippen LogP contribution is 2.24. The van der Waals surface area contributed by atoms with Gasteiger partial charge in [0.25, 0.3) is 5.92 Å². The molecule has 0 aliphatic carbocycles. The molecule has 0 bridgehead atoms. The van der Waals surface area contributed by atoms with Crippen LogP contribution in [-0.4, -0.2) is 42.9 Å². The molecule has 1 saturated heterocycles. The summed E-state index contributed by atoms with van der Waals surface area (Å²) in [4.78, 5) is 22.8. The number of rotatable bonds is 5. The average Bonchev–Trinajstić information content (AvgIpc) is 2.57. The zero-order valence-electron chi connectivity index (χ0n) is 10.6. The summed E-state index contributed by atoms with van der Waals surface area (Å²) in [7, 11) is 0. The molecule has 3 N–H and O–H groups in total. The summed E-state index contributed by atoms with van der Waals surface area (Å²) in [6.07, 6.45) is -0.343. The van der Waals surface area contributed by atoms with Gasteiger partial charge in [-0.15, -0.1) is 0 Å². The second-order valence-corrected chi connectivity index (χ2v) is 4.76. The van der Waals surface area contributed by atoms with Gasteiger partial charge in [-0.3, -0.25) is 14.9 Å². The summed E-state index contributed by atoms with van der Waals surface area (Å²) in [6.45, 7) is 3.35.